The molecule has 7 nitrogen and oxygen atoms in total. The van der Waals surface area contributed by atoms with Crippen molar-refractivity contribution in [3.8, 4) is 5.69 Å². The third-order valence-corrected chi connectivity index (χ3v) is 4.33. The molecule has 1 heterocycles. The van der Waals surface area contributed by atoms with Crippen molar-refractivity contribution < 1.29 is 9.90 Å². The lowest BCUT2D eigenvalue weighted by Gasteiger charge is -2.12. The number of carboxylic acid groups (broad SMARTS) is 1. The number of hydrogen-bond donors (Lipinski definition) is 2. The molecule has 0 spiro atoms. The molecule has 1 aromatic heterocycles. The molecule has 3 aromatic carbocycles. The number of anilines is 1. The highest BCUT2D eigenvalue weighted by Crippen LogP contribution is 2.16. The van der Waals surface area contributed by atoms with Gasteiger partial charge in [0.15, 0.2) is 0 Å². The van der Waals surface area contributed by atoms with Crippen molar-refractivity contribution in [3.63, 3.8) is 0 Å². The van der Waals surface area contributed by atoms with Crippen LogP contribution in [0.2, 0.25) is 0 Å². The summed E-state index contributed by atoms with van der Waals surface area (Å²) in [5, 5.41) is 13.7. The van der Waals surface area contributed by atoms with E-state index in [2.05, 4.69) is 15.5 Å². The van der Waals surface area contributed by atoms with E-state index < -0.39 is 5.97 Å². The molecule has 0 aliphatic carbocycles. The minimum atomic E-state index is -0.987. The van der Waals surface area contributed by atoms with Crippen molar-refractivity contribution in [2.45, 2.75) is 0 Å². The first-order chi connectivity index (χ1) is 14.1. The second-order valence-corrected chi connectivity index (χ2v) is 6.23. The molecule has 0 saturated heterocycles. The summed E-state index contributed by atoms with van der Waals surface area (Å²) >= 11 is 0. The van der Waals surface area contributed by atoms with Gasteiger partial charge in [0.25, 0.3) is 5.56 Å². The molecule has 0 aliphatic rings. The second-order valence-electron chi connectivity index (χ2n) is 6.23. The van der Waals surface area contributed by atoms with Crippen molar-refractivity contribution in [2.75, 3.05) is 5.43 Å². The van der Waals surface area contributed by atoms with Crippen molar-refractivity contribution in [1.82, 2.24) is 9.55 Å². The zero-order chi connectivity index (χ0) is 20.2. The molecule has 0 unspecified atom stereocenters. The molecule has 4 aromatic rings. The summed E-state index contributed by atoms with van der Waals surface area (Å²) in [6.45, 7) is 0. The molecule has 4 rings (SSSR count). The van der Waals surface area contributed by atoms with Gasteiger partial charge >= 0.3 is 5.97 Å². The van der Waals surface area contributed by atoms with Crippen LogP contribution in [0.3, 0.4) is 0 Å². The standard InChI is InChI=1S/C22H16N4O3/c27-20-18-8-4-5-9-19(18)24-22(26(20)17-6-2-1-3-7-17)25-23-14-15-10-12-16(13-11-15)21(28)29/h1-14H,(H,24,25)(H,28,29)/b23-14+. The Morgan fingerprint density at radius 2 is 1.66 bits per heavy atom. The van der Waals surface area contributed by atoms with Gasteiger partial charge in [0.2, 0.25) is 5.95 Å². The van der Waals surface area contributed by atoms with E-state index in [9.17, 15) is 9.59 Å². The first kappa shape index (κ1) is 18.1. The maximum Gasteiger partial charge on any atom is 0.335 e. The zero-order valence-electron chi connectivity index (χ0n) is 15.2. The van der Waals surface area contributed by atoms with E-state index >= 15 is 0 Å². The van der Waals surface area contributed by atoms with Crippen molar-refractivity contribution in [2.24, 2.45) is 5.10 Å². The topological polar surface area (TPSA) is 96.6 Å². The summed E-state index contributed by atoms with van der Waals surface area (Å²) in [6, 6.07) is 22.6. The van der Waals surface area contributed by atoms with Crippen LogP contribution in [-0.4, -0.2) is 26.8 Å². The molecule has 0 radical (unpaired) electrons. The fraction of sp³-hybridized carbons (Fsp3) is 0. The summed E-state index contributed by atoms with van der Waals surface area (Å²) in [5.41, 5.74) is 4.77. The Bertz CT molecular complexity index is 1260. The number of benzene rings is 3. The summed E-state index contributed by atoms with van der Waals surface area (Å²) in [7, 11) is 0. The van der Waals surface area contributed by atoms with Crippen LogP contribution >= 0.6 is 0 Å². The lowest BCUT2D eigenvalue weighted by atomic mass is 10.1. The minimum Gasteiger partial charge on any atom is -0.478 e. The van der Waals surface area contributed by atoms with Crippen LogP contribution < -0.4 is 11.0 Å². The predicted octanol–water partition coefficient (Wildman–Crippen LogP) is 3.53. The summed E-state index contributed by atoms with van der Waals surface area (Å²) in [5.74, 6) is -0.711. The van der Waals surface area contributed by atoms with E-state index in [4.69, 9.17) is 5.11 Å². The van der Waals surface area contributed by atoms with Gasteiger partial charge in [0, 0.05) is 0 Å². The minimum absolute atomic E-state index is 0.198. The van der Waals surface area contributed by atoms with Crippen LogP contribution in [0.1, 0.15) is 15.9 Å². The van der Waals surface area contributed by atoms with Crippen molar-refractivity contribution in [3.05, 3.63) is 100 Å². The smallest absolute Gasteiger partial charge is 0.335 e. The SMILES string of the molecule is O=C(O)c1ccc(/C=N/Nc2nc3ccccc3c(=O)n2-c2ccccc2)cc1. The molecule has 0 bridgehead atoms. The Labute approximate surface area is 165 Å². The van der Waals surface area contributed by atoms with E-state index in [0.29, 0.717) is 22.2 Å². The average Bonchev–Trinajstić information content (AvgIpc) is 2.75. The van der Waals surface area contributed by atoms with E-state index in [1.807, 2.05) is 36.4 Å². The Morgan fingerprint density at radius 3 is 2.38 bits per heavy atom. The molecule has 0 fully saturated rings. The van der Waals surface area contributed by atoms with Gasteiger partial charge in [0.05, 0.1) is 28.4 Å². The number of nitrogens with one attached hydrogen (secondary N) is 1. The molecule has 2 N–H and O–H groups in total. The monoisotopic (exact) mass is 384 g/mol. The van der Waals surface area contributed by atoms with Gasteiger partial charge in [-0.2, -0.15) is 5.10 Å². The zero-order valence-corrected chi connectivity index (χ0v) is 15.2. The van der Waals surface area contributed by atoms with Gasteiger partial charge in [-0.25, -0.2) is 19.8 Å². The molecule has 142 valence electrons. The lowest BCUT2D eigenvalue weighted by Crippen LogP contribution is -2.22. The highest BCUT2D eigenvalue weighted by Gasteiger charge is 2.12. The lowest BCUT2D eigenvalue weighted by molar-refractivity contribution is 0.0697. The van der Waals surface area contributed by atoms with Crippen LogP contribution in [0.25, 0.3) is 16.6 Å². The Morgan fingerprint density at radius 1 is 0.966 bits per heavy atom. The first-order valence-electron chi connectivity index (χ1n) is 8.83. The number of hydrazone groups is 1. The fourth-order valence-electron chi connectivity index (χ4n) is 2.90. The molecular weight excluding hydrogens is 368 g/mol. The fourth-order valence-corrected chi connectivity index (χ4v) is 2.90. The van der Waals surface area contributed by atoms with Gasteiger partial charge in [-0.05, 0) is 42.0 Å². The summed E-state index contributed by atoms with van der Waals surface area (Å²) in [6.07, 6.45) is 1.53. The van der Waals surface area contributed by atoms with E-state index in [1.54, 1.807) is 30.3 Å². The van der Waals surface area contributed by atoms with Gasteiger partial charge in [0.1, 0.15) is 0 Å². The number of hydrogen-bond acceptors (Lipinski definition) is 5. The number of aromatic nitrogens is 2. The first-order valence-corrected chi connectivity index (χ1v) is 8.83. The largest absolute Gasteiger partial charge is 0.478 e. The van der Waals surface area contributed by atoms with Gasteiger partial charge < -0.3 is 5.11 Å². The molecule has 0 saturated carbocycles. The van der Waals surface area contributed by atoms with E-state index in [1.165, 1.54) is 22.9 Å². The maximum absolute atomic E-state index is 13.1. The number of para-hydroxylation sites is 2. The number of aromatic carboxylic acids is 1. The van der Waals surface area contributed by atoms with Crippen LogP contribution in [-0.2, 0) is 0 Å². The average molecular weight is 384 g/mol. The Hall–Kier alpha value is -4.26. The number of carboxylic acids is 1. The highest BCUT2D eigenvalue weighted by atomic mass is 16.4. The maximum atomic E-state index is 13.1. The van der Waals surface area contributed by atoms with E-state index in [-0.39, 0.29) is 17.1 Å². The molecule has 7 heteroatoms. The van der Waals surface area contributed by atoms with Crippen LogP contribution in [0.4, 0.5) is 5.95 Å². The molecule has 0 aliphatic heterocycles. The summed E-state index contributed by atoms with van der Waals surface area (Å²) < 4.78 is 1.47. The summed E-state index contributed by atoms with van der Waals surface area (Å²) in [4.78, 5) is 28.5. The third kappa shape index (κ3) is 3.74. The van der Waals surface area contributed by atoms with E-state index in [0.717, 1.165) is 0 Å². The van der Waals surface area contributed by atoms with Crippen LogP contribution in [0, 0.1) is 0 Å². The number of nitrogens with zero attached hydrogens (tertiary/aromatic N) is 3. The van der Waals surface area contributed by atoms with Crippen molar-refractivity contribution in [1.29, 1.82) is 0 Å². The van der Waals surface area contributed by atoms with Gasteiger partial charge in [-0.1, -0.05) is 42.5 Å². The second kappa shape index (κ2) is 7.77. The quantitative estimate of drug-likeness (QED) is 0.405. The normalized spacial score (nSPS) is 11.0. The Kier molecular flexibility index (Phi) is 4.86. The van der Waals surface area contributed by atoms with Crippen LogP contribution in [0.15, 0.2) is 88.8 Å². The number of fused-ring (bicyclic) bond motifs is 1. The van der Waals surface area contributed by atoms with Crippen LogP contribution in [0.5, 0.6) is 0 Å². The molecular formula is C22H16N4O3. The Balaban J connectivity index is 1.72. The van der Waals surface area contributed by atoms with Gasteiger partial charge in [-0.15, -0.1) is 0 Å². The van der Waals surface area contributed by atoms with Crippen molar-refractivity contribution >= 4 is 29.0 Å². The molecule has 0 atom stereocenters. The highest BCUT2D eigenvalue weighted by molar-refractivity contribution is 5.89. The number of carbonyl (C=O) groups is 1. The molecule has 29 heavy (non-hydrogen) atoms. The van der Waals surface area contributed by atoms with Gasteiger partial charge in [-0.3, -0.25) is 4.79 Å². The predicted molar refractivity (Wildman–Crippen MR) is 112 cm³/mol. The molecule has 0 amide bonds. The third-order valence-electron chi connectivity index (χ3n) is 4.33. The number of rotatable bonds is 5.